The molecule has 0 saturated carbocycles. The maximum Gasteiger partial charge on any atom is 0.355 e. The number of rotatable bonds is 12. The summed E-state index contributed by atoms with van der Waals surface area (Å²) in [5.41, 5.74) is -2.17. The summed E-state index contributed by atoms with van der Waals surface area (Å²) in [5, 5.41) is 58.8. The number of carboxylic acid groups (broad SMARTS) is 1. The third-order valence-electron chi connectivity index (χ3n) is 9.06. The van der Waals surface area contributed by atoms with Crippen molar-refractivity contribution in [2.75, 3.05) is 5.01 Å². The van der Waals surface area contributed by atoms with Crippen LogP contribution >= 0.6 is 0 Å². The van der Waals surface area contributed by atoms with Gasteiger partial charge in [-0.1, -0.05) is 12.1 Å². The van der Waals surface area contributed by atoms with E-state index in [4.69, 9.17) is 0 Å². The fourth-order valence-electron chi connectivity index (χ4n) is 6.05. The van der Waals surface area contributed by atoms with Crippen LogP contribution in [0.15, 0.2) is 152 Å². The minimum Gasteiger partial charge on any atom is -0.506 e. The normalized spacial score (nSPS) is 15.3. The smallest absolute Gasteiger partial charge is 0.355 e. The van der Waals surface area contributed by atoms with Crippen molar-refractivity contribution < 1.29 is 76.8 Å². The Hall–Kier alpha value is -7.51. The Labute approximate surface area is 364 Å². The lowest BCUT2D eigenvalue weighted by atomic mass is 10.1. The average Bonchev–Trinajstić information content (AvgIpc) is 3.56. The lowest BCUT2D eigenvalue weighted by Gasteiger charge is -2.12. The van der Waals surface area contributed by atoms with Crippen molar-refractivity contribution >= 4 is 114 Å². The maximum absolute atomic E-state index is 13.2. The van der Waals surface area contributed by atoms with Gasteiger partial charge in [0.2, 0.25) is 6.04 Å². The Kier molecular flexibility index (Phi) is 11.6. The SMILES string of the molecule is O=C(O)C1=NN(c2ccc(S(=O)(=O)O)cc2)C(=O)C1N=Nc1ccc2cc(S(=O)(=O)O)c(N=Nc3ccc(N=Nc4ccc5cc(S(=O)(=O)O)cc(S(=O)(=O)O)c5c4)cc3O)c(O)c2c1. The van der Waals surface area contributed by atoms with Gasteiger partial charge in [-0.15, -0.1) is 10.2 Å². The lowest BCUT2D eigenvalue weighted by Crippen LogP contribution is -2.33. The van der Waals surface area contributed by atoms with Crippen LogP contribution in [0.5, 0.6) is 11.5 Å². The van der Waals surface area contributed by atoms with Crippen LogP contribution in [0, 0.1) is 0 Å². The van der Waals surface area contributed by atoms with Crippen LogP contribution in [0.4, 0.5) is 34.1 Å². The van der Waals surface area contributed by atoms with Crippen molar-refractivity contribution in [1.29, 1.82) is 0 Å². The summed E-state index contributed by atoms with van der Waals surface area (Å²) < 4.78 is 133. The molecule has 0 saturated heterocycles. The molecule has 65 heavy (non-hydrogen) atoms. The highest BCUT2D eigenvalue weighted by Crippen LogP contribution is 2.43. The molecule has 7 N–H and O–H groups in total. The molecule has 1 heterocycles. The van der Waals surface area contributed by atoms with E-state index in [2.05, 4.69) is 35.8 Å². The molecule has 7 rings (SSSR count). The summed E-state index contributed by atoms with van der Waals surface area (Å²) in [6, 6.07) is 15.3. The van der Waals surface area contributed by atoms with Crippen molar-refractivity contribution in [2.24, 2.45) is 35.8 Å². The van der Waals surface area contributed by atoms with E-state index in [9.17, 15) is 76.8 Å². The number of benzene rings is 6. The number of hydrazone groups is 1. The summed E-state index contributed by atoms with van der Waals surface area (Å²) >= 11 is 0. The molecular weight excluding hydrogens is 945 g/mol. The minimum absolute atomic E-state index is 0.00156. The Morgan fingerprint density at radius 1 is 0.569 bits per heavy atom. The first-order valence-corrected chi connectivity index (χ1v) is 23.2. The molecule has 29 heteroatoms. The number of anilines is 1. The molecule has 334 valence electrons. The van der Waals surface area contributed by atoms with Crippen molar-refractivity contribution in [3.05, 3.63) is 97.1 Å². The highest BCUT2D eigenvalue weighted by Gasteiger charge is 2.41. The first-order valence-electron chi connectivity index (χ1n) is 17.4. The molecule has 0 bridgehead atoms. The number of phenols is 2. The second-order valence-electron chi connectivity index (χ2n) is 13.3. The van der Waals surface area contributed by atoms with E-state index in [1.807, 2.05) is 0 Å². The zero-order chi connectivity index (χ0) is 47.4. The van der Waals surface area contributed by atoms with E-state index >= 15 is 0 Å². The summed E-state index contributed by atoms with van der Waals surface area (Å²) in [6.07, 6.45) is 0. The van der Waals surface area contributed by atoms with Gasteiger partial charge < -0.3 is 15.3 Å². The molecule has 0 aromatic heterocycles. The summed E-state index contributed by atoms with van der Waals surface area (Å²) in [7, 11) is -19.6. The van der Waals surface area contributed by atoms with Crippen molar-refractivity contribution in [3.8, 4) is 11.5 Å². The third kappa shape index (κ3) is 9.56. The Morgan fingerprint density at radius 2 is 1.12 bits per heavy atom. The Bertz CT molecular complexity index is 3640. The van der Waals surface area contributed by atoms with Gasteiger partial charge in [-0.2, -0.15) is 64.2 Å². The molecular formula is C36H24N8O17S4. The second-order valence-corrected chi connectivity index (χ2v) is 19.0. The number of phenolic OH excluding ortho intramolecular Hbond substituents is 2. The van der Waals surface area contributed by atoms with E-state index in [0.29, 0.717) is 11.1 Å². The van der Waals surface area contributed by atoms with Gasteiger partial charge in [0.05, 0.1) is 32.5 Å². The van der Waals surface area contributed by atoms with E-state index in [1.54, 1.807) is 0 Å². The molecule has 1 unspecified atom stereocenters. The van der Waals surface area contributed by atoms with Gasteiger partial charge in [-0.25, -0.2) is 4.79 Å². The fourth-order valence-corrected chi connectivity index (χ4v) is 8.54. The van der Waals surface area contributed by atoms with Crippen molar-refractivity contribution in [3.63, 3.8) is 0 Å². The average molecular weight is 969 g/mol. The van der Waals surface area contributed by atoms with E-state index in [-0.39, 0.29) is 50.0 Å². The van der Waals surface area contributed by atoms with Gasteiger partial charge in [-0.3, -0.25) is 23.0 Å². The molecule has 6 aromatic rings. The number of hydrogen-bond donors (Lipinski definition) is 7. The number of carboxylic acids is 1. The second kappa shape index (κ2) is 16.6. The van der Waals surface area contributed by atoms with Crippen LogP contribution in [0.1, 0.15) is 0 Å². The van der Waals surface area contributed by atoms with Crippen LogP contribution in [0.25, 0.3) is 21.5 Å². The molecule has 1 aliphatic heterocycles. The lowest BCUT2D eigenvalue weighted by molar-refractivity contribution is -0.130. The number of nitrogens with zero attached hydrogens (tertiary/aromatic N) is 8. The zero-order valence-corrected chi connectivity index (χ0v) is 35.0. The number of fused-ring (bicyclic) bond motifs is 2. The Balaban J connectivity index is 1.16. The number of aliphatic carboxylic acids is 1. The molecule has 25 nitrogen and oxygen atoms in total. The third-order valence-corrected chi connectivity index (χ3v) is 12.5. The molecule has 0 fully saturated rings. The fraction of sp³-hybridized carbons (Fsp3) is 0.0278. The number of amides is 1. The van der Waals surface area contributed by atoms with Gasteiger partial charge in [0, 0.05) is 16.8 Å². The predicted octanol–water partition coefficient (Wildman–Crippen LogP) is 6.16. The number of hydrogen-bond acceptors (Lipinski definition) is 19. The number of carbonyl (C=O) groups excluding carboxylic acids is 1. The van der Waals surface area contributed by atoms with Gasteiger partial charge >= 0.3 is 5.97 Å². The zero-order valence-electron chi connectivity index (χ0n) is 31.7. The number of carbonyl (C=O) groups is 2. The van der Waals surface area contributed by atoms with Gasteiger partial charge in [-0.05, 0) is 89.6 Å². The molecule has 0 radical (unpaired) electrons. The van der Waals surface area contributed by atoms with Gasteiger partial charge in [0.1, 0.15) is 26.9 Å². The molecule has 0 aliphatic carbocycles. The van der Waals surface area contributed by atoms with E-state index in [1.165, 1.54) is 30.3 Å². The maximum atomic E-state index is 13.2. The van der Waals surface area contributed by atoms with E-state index in [0.717, 1.165) is 60.7 Å². The van der Waals surface area contributed by atoms with Crippen molar-refractivity contribution in [2.45, 2.75) is 25.6 Å². The highest BCUT2D eigenvalue weighted by molar-refractivity contribution is 7.87. The molecule has 1 amide bonds. The summed E-state index contributed by atoms with van der Waals surface area (Å²) in [4.78, 5) is 22.1. The van der Waals surface area contributed by atoms with Crippen LogP contribution in [-0.4, -0.2) is 90.8 Å². The van der Waals surface area contributed by atoms with Crippen LogP contribution in [0.3, 0.4) is 0 Å². The minimum atomic E-state index is -5.11. The first kappa shape index (κ1) is 45.5. The molecule has 1 aliphatic rings. The van der Waals surface area contributed by atoms with Crippen molar-refractivity contribution in [1.82, 2.24) is 0 Å². The monoisotopic (exact) mass is 968 g/mol. The standard InChI is InChI=1S/C36H24N8O17S4/c45-28-15-21(38-37-19-3-1-17-11-24(63(53,54)55)16-29(25(17)13-19)64(56,57)58)5-10-27(28)40-41-31-30(65(59,60)61)12-18-2-4-20(14-26(18)34(31)46)39-42-32-33(36(48)49)43-44(35(32)47)22-6-8-23(9-7-22)62(50,51)52/h1-16,32,45-46H,(H,48,49)(H,50,51,52)(H,53,54,55)(H,56,57,58)(H,59,60,61). The number of aromatic hydroxyl groups is 2. The van der Waals surface area contributed by atoms with Crippen LogP contribution in [-0.2, 0) is 50.1 Å². The predicted molar refractivity (Wildman–Crippen MR) is 223 cm³/mol. The highest BCUT2D eigenvalue weighted by atomic mass is 32.2. The molecule has 0 spiro atoms. The molecule has 6 aromatic carbocycles. The quantitative estimate of drug-likeness (QED) is 0.0533. The van der Waals surface area contributed by atoms with Crippen LogP contribution < -0.4 is 5.01 Å². The summed E-state index contributed by atoms with van der Waals surface area (Å²) in [6.45, 7) is 0. The largest absolute Gasteiger partial charge is 0.506 e. The van der Waals surface area contributed by atoms with Gasteiger partial charge in [0.15, 0.2) is 11.5 Å². The van der Waals surface area contributed by atoms with E-state index < -0.39 is 101 Å². The Morgan fingerprint density at radius 3 is 1.69 bits per heavy atom. The molecule has 1 atom stereocenters. The number of azo groups is 3. The van der Waals surface area contributed by atoms with Gasteiger partial charge in [0.25, 0.3) is 46.4 Å². The topological polar surface area (TPSA) is 402 Å². The van der Waals surface area contributed by atoms with Crippen LogP contribution in [0.2, 0.25) is 0 Å². The summed E-state index contributed by atoms with van der Waals surface area (Å²) in [5.74, 6) is -4.17. The first-order chi connectivity index (χ1) is 30.3.